The average Bonchev–Trinajstić information content (AvgIpc) is 1.85. The molecule has 0 amide bonds. The molecule has 1 unspecified atom stereocenters. The van der Waals surface area contributed by atoms with Crippen LogP contribution in [0.3, 0.4) is 0 Å². The first-order valence-corrected chi connectivity index (χ1v) is 4.03. The minimum Gasteiger partial charge on any atom is -0.393 e. The molecule has 0 aromatic carbocycles. The Labute approximate surface area is 69.2 Å². The van der Waals surface area contributed by atoms with Crippen LogP contribution in [0.15, 0.2) is 0 Å². The van der Waals surface area contributed by atoms with E-state index in [0.717, 1.165) is 18.8 Å². The van der Waals surface area contributed by atoms with Crippen LogP contribution < -0.4 is 5.73 Å². The first-order chi connectivity index (χ1) is 5.04. The third kappa shape index (κ3) is 25.8. The van der Waals surface area contributed by atoms with E-state index in [1.807, 2.05) is 6.92 Å². The summed E-state index contributed by atoms with van der Waals surface area (Å²) in [6.45, 7) is 5.92. The summed E-state index contributed by atoms with van der Waals surface area (Å²) in [6.07, 6.45) is 1.97. The van der Waals surface area contributed by atoms with Crippen molar-refractivity contribution in [2.24, 2.45) is 11.7 Å². The largest absolute Gasteiger partial charge is 0.393 e. The molecule has 0 rings (SSSR count). The zero-order valence-electron chi connectivity index (χ0n) is 7.75. The lowest BCUT2D eigenvalue weighted by Crippen LogP contribution is -2.00. The van der Waals surface area contributed by atoms with Gasteiger partial charge in [-0.2, -0.15) is 0 Å². The molecule has 0 aliphatic rings. The second kappa shape index (κ2) is 9.88. The Hall–Kier alpha value is -0.120. The summed E-state index contributed by atoms with van der Waals surface area (Å²) in [5, 5.41) is 16.1. The van der Waals surface area contributed by atoms with E-state index in [4.69, 9.17) is 10.2 Å². The van der Waals surface area contributed by atoms with Gasteiger partial charge in [0.25, 0.3) is 0 Å². The van der Waals surface area contributed by atoms with E-state index in [0.29, 0.717) is 0 Å². The Morgan fingerprint density at radius 1 is 1.18 bits per heavy atom. The minimum absolute atomic E-state index is 0.114. The first kappa shape index (κ1) is 13.5. The number of hydrogen-bond donors (Lipinski definition) is 3. The van der Waals surface area contributed by atoms with Crippen LogP contribution in [0.1, 0.15) is 33.6 Å². The molecular formula is C8H21NO2. The first-order valence-electron chi connectivity index (χ1n) is 4.03. The second-order valence-electron chi connectivity index (χ2n) is 3.00. The lowest BCUT2D eigenvalue weighted by atomic mass is 10.1. The Kier molecular flexibility index (Phi) is 12.1. The number of nitrogens with two attached hydrogens (primary N) is 1. The van der Waals surface area contributed by atoms with Crippen molar-refractivity contribution in [1.29, 1.82) is 0 Å². The van der Waals surface area contributed by atoms with Gasteiger partial charge in [0, 0.05) is 0 Å². The molecule has 0 aliphatic heterocycles. The lowest BCUT2D eigenvalue weighted by molar-refractivity contribution is 0.176. The number of rotatable bonds is 3. The zero-order chi connectivity index (χ0) is 9.28. The van der Waals surface area contributed by atoms with E-state index in [1.165, 1.54) is 0 Å². The maximum absolute atomic E-state index is 8.80. The van der Waals surface area contributed by atoms with Crippen molar-refractivity contribution in [3.63, 3.8) is 0 Å². The third-order valence-corrected chi connectivity index (χ3v) is 1.16. The van der Waals surface area contributed by atoms with Crippen LogP contribution in [0.25, 0.3) is 0 Å². The SMILES string of the molecule is CC(C)CCC(C)O.NCO. The molecule has 0 saturated carbocycles. The van der Waals surface area contributed by atoms with Gasteiger partial charge in [0.1, 0.15) is 0 Å². The molecule has 1 atom stereocenters. The third-order valence-electron chi connectivity index (χ3n) is 1.16. The molecule has 0 bridgehead atoms. The van der Waals surface area contributed by atoms with Gasteiger partial charge in [-0.3, -0.25) is 0 Å². The van der Waals surface area contributed by atoms with Crippen LogP contribution in [0, 0.1) is 5.92 Å². The van der Waals surface area contributed by atoms with Gasteiger partial charge in [-0.1, -0.05) is 13.8 Å². The molecule has 0 aromatic heterocycles. The number of hydrogen-bond acceptors (Lipinski definition) is 3. The van der Waals surface area contributed by atoms with E-state index < -0.39 is 0 Å². The normalized spacial score (nSPS) is 12.3. The molecule has 0 heterocycles. The van der Waals surface area contributed by atoms with Crippen LogP contribution in [-0.4, -0.2) is 23.0 Å². The standard InChI is InChI=1S/C7H16O.CH5NO/c1-6(2)4-5-7(3)8;2-1-3/h6-8H,4-5H2,1-3H3;3H,1-2H2. The summed E-state index contributed by atoms with van der Waals surface area (Å²) >= 11 is 0. The van der Waals surface area contributed by atoms with Gasteiger partial charge in [0.05, 0.1) is 12.8 Å². The fourth-order valence-electron chi connectivity index (χ4n) is 0.575. The van der Waals surface area contributed by atoms with E-state index in [9.17, 15) is 0 Å². The highest BCUT2D eigenvalue weighted by molar-refractivity contribution is 4.49. The monoisotopic (exact) mass is 163 g/mol. The lowest BCUT2D eigenvalue weighted by Gasteiger charge is -2.04. The molecule has 0 saturated heterocycles. The molecule has 11 heavy (non-hydrogen) atoms. The van der Waals surface area contributed by atoms with Gasteiger partial charge in [-0.25, -0.2) is 0 Å². The predicted octanol–water partition coefficient (Wildman–Crippen LogP) is 0.698. The summed E-state index contributed by atoms with van der Waals surface area (Å²) in [6, 6.07) is 0. The molecule has 3 heteroatoms. The highest BCUT2D eigenvalue weighted by atomic mass is 16.3. The minimum atomic E-state index is -0.250. The van der Waals surface area contributed by atoms with Crippen molar-refractivity contribution < 1.29 is 10.2 Å². The van der Waals surface area contributed by atoms with Crippen molar-refractivity contribution >= 4 is 0 Å². The zero-order valence-corrected chi connectivity index (χ0v) is 7.75. The van der Waals surface area contributed by atoms with Gasteiger partial charge in [-0.05, 0) is 25.7 Å². The summed E-state index contributed by atoms with van der Waals surface area (Å²) in [5.41, 5.74) is 4.40. The maximum atomic E-state index is 8.80. The van der Waals surface area contributed by atoms with Crippen molar-refractivity contribution in [3.05, 3.63) is 0 Å². The Morgan fingerprint density at radius 3 is 1.64 bits per heavy atom. The second-order valence-corrected chi connectivity index (χ2v) is 3.00. The van der Waals surface area contributed by atoms with Gasteiger partial charge < -0.3 is 15.9 Å². The van der Waals surface area contributed by atoms with Gasteiger partial charge >= 0.3 is 0 Å². The molecule has 0 fully saturated rings. The molecule has 0 aliphatic carbocycles. The molecule has 70 valence electrons. The van der Waals surface area contributed by atoms with E-state index in [2.05, 4.69) is 19.6 Å². The van der Waals surface area contributed by atoms with Gasteiger partial charge in [0.15, 0.2) is 0 Å². The fourth-order valence-corrected chi connectivity index (χ4v) is 0.575. The van der Waals surface area contributed by atoms with Crippen LogP contribution in [0.2, 0.25) is 0 Å². The molecule has 3 nitrogen and oxygen atoms in total. The molecular weight excluding hydrogens is 142 g/mol. The smallest absolute Gasteiger partial charge is 0.0906 e. The Balaban J connectivity index is 0. The number of aliphatic hydroxyl groups is 2. The van der Waals surface area contributed by atoms with Crippen LogP contribution in [0.5, 0.6) is 0 Å². The topological polar surface area (TPSA) is 66.5 Å². The van der Waals surface area contributed by atoms with E-state index in [-0.39, 0.29) is 12.8 Å². The molecule has 0 radical (unpaired) electrons. The Morgan fingerprint density at radius 2 is 1.55 bits per heavy atom. The highest BCUT2D eigenvalue weighted by Gasteiger charge is 1.96. The molecule has 4 N–H and O–H groups in total. The van der Waals surface area contributed by atoms with Crippen molar-refractivity contribution in [2.75, 3.05) is 6.73 Å². The van der Waals surface area contributed by atoms with Crippen LogP contribution in [-0.2, 0) is 0 Å². The fraction of sp³-hybridized carbons (Fsp3) is 1.00. The highest BCUT2D eigenvalue weighted by Crippen LogP contribution is 2.05. The van der Waals surface area contributed by atoms with Crippen LogP contribution >= 0.6 is 0 Å². The van der Waals surface area contributed by atoms with Crippen molar-refractivity contribution in [1.82, 2.24) is 0 Å². The molecule has 0 spiro atoms. The number of aliphatic hydroxyl groups excluding tert-OH is 2. The van der Waals surface area contributed by atoms with E-state index in [1.54, 1.807) is 0 Å². The molecule has 0 aromatic rings. The van der Waals surface area contributed by atoms with Crippen LogP contribution in [0.4, 0.5) is 0 Å². The summed E-state index contributed by atoms with van der Waals surface area (Å²) in [4.78, 5) is 0. The van der Waals surface area contributed by atoms with Gasteiger partial charge in [0.2, 0.25) is 0 Å². The Bertz CT molecular complexity index is 57.1. The summed E-state index contributed by atoms with van der Waals surface area (Å²) in [5.74, 6) is 0.726. The van der Waals surface area contributed by atoms with E-state index >= 15 is 0 Å². The average molecular weight is 163 g/mol. The predicted molar refractivity (Wildman–Crippen MR) is 47.0 cm³/mol. The van der Waals surface area contributed by atoms with Crippen molar-refractivity contribution in [2.45, 2.75) is 39.7 Å². The van der Waals surface area contributed by atoms with Crippen molar-refractivity contribution in [3.8, 4) is 0 Å². The summed E-state index contributed by atoms with van der Waals surface area (Å²) in [7, 11) is 0. The quantitative estimate of drug-likeness (QED) is 0.536. The maximum Gasteiger partial charge on any atom is 0.0906 e. The van der Waals surface area contributed by atoms with Gasteiger partial charge in [-0.15, -0.1) is 0 Å². The summed E-state index contributed by atoms with van der Waals surface area (Å²) < 4.78 is 0.